The molecule has 1 saturated carbocycles. The highest BCUT2D eigenvalue weighted by atomic mass is 16.8. The number of aromatic nitrogens is 1. The molecule has 0 radical (unpaired) electrons. The van der Waals surface area contributed by atoms with Crippen LogP contribution in [0.25, 0.3) is 10.9 Å². The summed E-state index contributed by atoms with van der Waals surface area (Å²) in [5, 5.41) is 14.7. The molecule has 1 saturated heterocycles. The summed E-state index contributed by atoms with van der Waals surface area (Å²) >= 11 is 0. The van der Waals surface area contributed by atoms with E-state index in [0.717, 1.165) is 29.5 Å². The zero-order valence-corrected chi connectivity index (χ0v) is 14.7. The molecule has 2 fully saturated rings. The van der Waals surface area contributed by atoms with Gasteiger partial charge in [0.05, 0.1) is 12.2 Å². The van der Waals surface area contributed by atoms with E-state index in [1.807, 2.05) is 44.3 Å². The lowest BCUT2D eigenvalue weighted by atomic mass is 10.2. The van der Waals surface area contributed by atoms with Crippen LogP contribution < -0.4 is 10.1 Å². The van der Waals surface area contributed by atoms with Gasteiger partial charge in [0.15, 0.2) is 5.79 Å². The largest absolute Gasteiger partial charge is 0.491 e. The smallest absolute Gasteiger partial charge is 0.163 e. The highest BCUT2D eigenvalue weighted by molar-refractivity contribution is 5.80. The lowest BCUT2D eigenvalue weighted by Gasteiger charge is -2.22. The van der Waals surface area contributed by atoms with E-state index in [0.29, 0.717) is 12.6 Å². The molecular formula is C19H26N2O4. The third-order valence-corrected chi connectivity index (χ3v) is 4.93. The number of benzene rings is 1. The number of rotatable bonds is 6. The minimum atomic E-state index is -0.557. The van der Waals surface area contributed by atoms with Crippen molar-refractivity contribution in [1.82, 2.24) is 10.3 Å². The molecule has 4 atom stereocenters. The summed E-state index contributed by atoms with van der Waals surface area (Å²) in [5.41, 5.74) is 1.03. The van der Waals surface area contributed by atoms with E-state index >= 15 is 0 Å². The maximum absolute atomic E-state index is 10.2. The summed E-state index contributed by atoms with van der Waals surface area (Å²) in [4.78, 5) is 3.16. The summed E-state index contributed by atoms with van der Waals surface area (Å²) in [6, 6.07) is 8.21. The number of aliphatic hydroxyl groups excluding tert-OH is 1. The Hall–Kier alpha value is -1.60. The van der Waals surface area contributed by atoms with Crippen LogP contribution in [0.1, 0.15) is 26.7 Å². The Morgan fingerprint density at radius 1 is 1.28 bits per heavy atom. The summed E-state index contributed by atoms with van der Waals surface area (Å²) < 4.78 is 17.5. The fraction of sp³-hybridized carbons (Fsp3) is 0.579. The molecule has 2 aliphatic rings. The van der Waals surface area contributed by atoms with Crippen molar-refractivity contribution in [2.75, 3.05) is 13.2 Å². The molecule has 25 heavy (non-hydrogen) atoms. The van der Waals surface area contributed by atoms with Crippen LogP contribution in [0.4, 0.5) is 0 Å². The quantitative estimate of drug-likeness (QED) is 0.747. The number of H-pyrrole nitrogens is 1. The van der Waals surface area contributed by atoms with Gasteiger partial charge < -0.3 is 29.6 Å². The van der Waals surface area contributed by atoms with Gasteiger partial charge in [-0.1, -0.05) is 0 Å². The molecule has 0 bridgehead atoms. The Morgan fingerprint density at radius 3 is 2.80 bits per heavy atom. The molecule has 3 N–H and O–H groups in total. The van der Waals surface area contributed by atoms with Gasteiger partial charge in [-0.2, -0.15) is 0 Å². The van der Waals surface area contributed by atoms with Crippen molar-refractivity contribution in [3.8, 4) is 5.75 Å². The van der Waals surface area contributed by atoms with E-state index in [2.05, 4.69) is 10.3 Å². The van der Waals surface area contributed by atoms with Crippen molar-refractivity contribution in [3.63, 3.8) is 0 Å². The molecule has 6 nitrogen and oxygen atoms in total. The number of fused-ring (bicyclic) bond motifs is 2. The van der Waals surface area contributed by atoms with E-state index in [1.165, 1.54) is 0 Å². The molecular weight excluding hydrogens is 320 g/mol. The number of aliphatic hydroxyl groups is 1. The van der Waals surface area contributed by atoms with Gasteiger partial charge in [0.25, 0.3) is 0 Å². The molecule has 1 aliphatic heterocycles. The van der Waals surface area contributed by atoms with Gasteiger partial charge in [-0.3, -0.25) is 0 Å². The predicted octanol–water partition coefficient (Wildman–Crippen LogP) is 2.18. The minimum Gasteiger partial charge on any atom is -0.491 e. The summed E-state index contributed by atoms with van der Waals surface area (Å²) in [6.07, 6.45) is 3.51. The molecule has 2 aromatic rings. The summed E-state index contributed by atoms with van der Waals surface area (Å²) in [5.74, 6) is 0.293. The Kier molecular flexibility index (Phi) is 4.45. The molecule has 6 heteroatoms. The highest BCUT2D eigenvalue weighted by Crippen LogP contribution is 2.38. The Bertz CT molecular complexity index is 713. The van der Waals surface area contributed by atoms with Crippen LogP contribution in [0.3, 0.4) is 0 Å². The molecule has 1 aliphatic carbocycles. The van der Waals surface area contributed by atoms with Crippen molar-refractivity contribution in [2.45, 2.75) is 56.8 Å². The van der Waals surface area contributed by atoms with E-state index in [4.69, 9.17) is 14.2 Å². The average Bonchev–Trinajstić information content (AvgIpc) is 3.22. The first-order chi connectivity index (χ1) is 12.0. The van der Waals surface area contributed by atoms with Crippen LogP contribution in [0, 0.1) is 0 Å². The fourth-order valence-corrected chi connectivity index (χ4v) is 3.80. The molecule has 136 valence electrons. The SMILES string of the molecule is CC1(C)O[C@H]2CC(NCC(O)COc3ccc4cc[nH]c4c3)C[C@H]2O1. The maximum Gasteiger partial charge on any atom is 0.163 e. The van der Waals surface area contributed by atoms with Gasteiger partial charge in [0.2, 0.25) is 0 Å². The Labute approximate surface area is 147 Å². The Balaban J connectivity index is 1.20. The average molecular weight is 346 g/mol. The Morgan fingerprint density at radius 2 is 2.04 bits per heavy atom. The lowest BCUT2D eigenvalue weighted by molar-refractivity contribution is -0.152. The summed E-state index contributed by atoms with van der Waals surface area (Å²) in [7, 11) is 0. The second kappa shape index (κ2) is 6.61. The van der Waals surface area contributed by atoms with Crippen LogP contribution in [-0.2, 0) is 9.47 Å². The first-order valence-corrected chi connectivity index (χ1v) is 8.95. The first kappa shape index (κ1) is 16.8. The van der Waals surface area contributed by atoms with Crippen molar-refractivity contribution >= 4 is 10.9 Å². The molecule has 0 amide bonds. The van der Waals surface area contributed by atoms with E-state index < -0.39 is 11.9 Å². The minimum absolute atomic E-state index is 0.161. The third kappa shape index (κ3) is 3.82. The number of hydrogen-bond acceptors (Lipinski definition) is 5. The van der Waals surface area contributed by atoms with Crippen LogP contribution in [0.15, 0.2) is 30.5 Å². The fourth-order valence-electron chi connectivity index (χ4n) is 3.80. The number of nitrogens with one attached hydrogen (secondary N) is 2. The van der Waals surface area contributed by atoms with E-state index in [1.54, 1.807) is 0 Å². The van der Waals surface area contributed by atoms with Crippen molar-refractivity contribution < 1.29 is 19.3 Å². The van der Waals surface area contributed by atoms with Crippen LogP contribution in [-0.4, -0.2) is 53.4 Å². The maximum atomic E-state index is 10.2. The van der Waals surface area contributed by atoms with Crippen molar-refractivity contribution in [2.24, 2.45) is 0 Å². The standard InChI is InChI=1S/C19H26N2O4/c1-19(2)24-17-7-13(8-18(17)25-19)21-10-14(22)11-23-15-4-3-12-5-6-20-16(12)9-15/h3-6,9,13-14,17-18,20-22H,7-8,10-11H2,1-2H3/t13?,14?,17-,18+. The lowest BCUT2D eigenvalue weighted by Crippen LogP contribution is -2.38. The normalized spacial score (nSPS) is 29.0. The van der Waals surface area contributed by atoms with Crippen LogP contribution >= 0.6 is 0 Å². The molecule has 1 aromatic carbocycles. The highest BCUT2D eigenvalue weighted by Gasteiger charge is 2.47. The molecule has 1 aromatic heterocycles. The number of hydrogen-bond donors (Lipinski definition) is 3. The third-order valence-electron chi connectivity index (χ3n) is 4.93. The zero-order valence-electron chi connectivity index (χ0n) is 14.7. The van der Waals surface area contributed by atoms with Gasteiger partial charge in [-0.25, -0.2) is 0 Å². The van der Waals surface area contributed by atoms with Crippen LogP contribution in [0.2, 0.25) is 0 Å². The van der Waals surface area contributed by atoms with Crippen molar-refractivity contribution in [1.29, 1.82) is 0 Å². The van der Waals surface area contributed by atoms with E-state index in [9.17, 15) is 5.11 Å². The van der Waals surface area contributed by atoms with Crippen LogP contribution in [0.5, 0.6) is 5.75 Å². The van der Waals surface area contributed by atoms with E-state index in [-0.39, 0.29) is 18.8 Å². The number of ether oxygens (including phenoxy) is 3. The van der Waals surface area contributed by atoms with Gasteiger partial charge >= 0.3 is 0 Å². The van der Waals surface area contributed by atoms with Crippen molar-refractivity contribution in [3.05, 3.63) is 30.5 Å². The second-order valence-corrected chi connectivity index (χ2v) is 7.48. The first-order valence-electron chi connectivity index (χ1n) is 8.95. The second-order valence-electron chi connectivity index (χ2n) is 7.48. The predicted molar refractivity (Wildman–Crippen MR) is 94.7 cm³/mol. The molecule has 4 rings (SSSR count). The van der Waals surface area contributed by atoms with Gasteiger partial charge in [-0.05, 0) is 50.3 Å². The molecule has 0 spiro atoms. The number of aromatic amines is 1. The summed E-state index contributed by atoms with van der Waals surface area (Å²) in [6.45, 7) is 4.68. The zero-order chi connectivity index (χ0) is 17.4. The monoisotopic (exact) mass is 346 g/mol. The van der Waals surface area contributed by atoms with Gasteiger partial charge in [-0.15, -0.1) is 0 Å². The topological polar surface area (TPSA) is 75.7 Å². The van der Waals surface area contributed by atoms with Gasteiger partial charge in [0, 0.05) is 30.4 Å². The molecule has 2 unspecified atom stereocenters. The van der Waals surface area contributed by atoms with Gasteiger partial charge in [0.1, 0.15) is 18.5 Å². The molecule has 2 heterocycles.